The number of carbonyl (C=O) groups excluding carboxylic acids is 1. The highest BCUT2D eigenvalue weighted by atomic mass is 79.9. The minimum atomic E-state index is -0.489. The van der Waals surface area contributed by atoms with Crippen LogP contribution in [0.5, 0.6) is 0 Å². The fraction of sp³-hybridized carbons (Fsp3) is 0.364. The van der Waals surface area contributed by atoms with Gasteiger partial charge in [-0.3, -0.25) is 0 Å². The topological polar surface area (TPSA) is 57.0 Å². The summed E-state index contributed by atoms with van der Waals surface area (Å²) in [7, 11) is 0. The number of rotatable bonds is 5. The molecule has 2 rings (SSSR count). The summed E-state index contributed by atoms with van der Waals surface area (Å²) in [6.07, 6.45) is 0. The van der Waals surface area contributed by atoms with Crippen LogP contribution < -0.4 is 0 Å². The summed E-state index contributed by atoms with van der Waals surface area (Å²) in [4.78, 5) is 12.8. The second kappa shape index (κ2) is 6.49. The van der Waals surface area contributed by atoms with Crippen LogP contribution in [0.1, 0.15) is 28.0 Å². The zero-order valence-electron chi connectivity index (χ0n) is 10.1. The molecule has 0 aliphatic carbocycles. The Morgan fingerprint density at radius 1 is 1.63 bits per heavy atom. The second-order valence-corrected chi connectivity index (χ2v) is 5.81. The van der Waals surface area contributed by atoms with Gasteiger partial charge in [-0.1, -0.05) is 5.21 Å². The van der Waals surface area contributed by atoms with Gasteiger partial charge in [0.05, 0.1) is 24.7 Å². The molecule has 0 aliphatic heterocycles. The zero-order chi connectivity index (χ0) is 13.8. The quantitative estimate of drug-likeness (QED) is 0.604. The van der Waals surface area contributed by atoms with E-state index >= 15 is 0 Å². The molecule has 8 heteroatoms. The molecule has 102 valence electrons. The Balaban J connectivity index is 2.24. The fourth-order valence-corrected chi connectivity index (χ4v) is 3.23. The Labute approximate surface area is 127 Å². The van der Waals surface area contributed by atoms with Gasteiger partial charge in [-0.25, -0.2) is 9.48 Å². The van der Waals surface area contributed by atoms with E-state index in [1.807, 2.05) is 11.4 Å². The number of nitrogens with zero attached hydrogens (tertiary/aromatic N) is 3. The smallest absolute Gasteiger partial charge is 0.360 e. The van der Waals surface area contributed by atoms with Gasteiger partial charge < -0.3 is 4.74 Å². The molecule has 0 aromatic carbocycles. The molecule has 0 amide bonds. The lowest BCUT2D eigenvalue weighted by atomic mass is 10.3. The highest BCUT2D eigenvalue weighted by molar-refractivity contribution is 9.10. The van der Waals surface area contributed by atoms with Crippen LogP contribution >= 0.6 is 38.9 Å². The van der Waals surface area contributed by atoms with Gasteiger partial charge in [0.15, 0.2) is 5.69 Å². The van der Waals surface area contributed by atoms with Crippen LogP contribution in [0.4, 0.5) is 0 Å². The predicted molar refractivity (Wildman–Crippen MR) is 76.7 cm³/mol. The summed E-state index contributed by atoms with van der Waals surface area (Å²) in [6, 6.07) is 1.99. The van der Waals surface area contributed by atoms with Gasteiger partial charge in [0.2, 0.25) is 0 Å². The van der Waals surface area contributed by atoms with Crippen molar-refractivity contribution in [1.29, 1.82) is 0 Å². The van der Waals surface area contributed by atoms with E-state index in [1.54, 1.807) is 22.9 Å². The Hall–Kier alpha value is -0.920. The van der Waals surface area contributed by atoms with Crippen LogP contribution in [0.3, 0.4) is 0 Å². The number of halogens is 2. The van der Waals surface area contributed by atoms with E-state index < -0.39 is 5.97 Å². The van der Waals surface area contributed by atoms with Gasteiger partial charge in [0.25, 0.3) is 0 Å². The third kappa shape index (κ3) is 3.34. The van der Waals surface area contributed by atoms with Crippen molar-refractivity contribution in [3.8, 4) is 0 Å². The SMILES string of the molecule is CCOC(=O)c1nnn(Cc2cc(Br)cs2)c1CCl. The summed E-state index contributed by atoms with van der Waals surface area (Å²) in [6.45, 7) is 2.57. The lowest BCUT2D eigenvalue weighted by Crippen LogP contribution is -2.10. The maximum absolute atomic E-state index is 11.7. The first-order chi connectivity index (χ1) is 9.15. The highest BCUT2D eigenvalue weighted by Gasteiger charge is 2.20. The predicted octanol–water partition coefficient (Wildman–Crippen LogP) is 3.07. The van der Waals surface area contributed by atoms with E-state index in [2.05, 4.69) is 26.2 Å². The van der Waals surface area contributed by atoms with E-state index in [0.29, 0.717) is 18.8 Å². The third-order valence-electron chi connectivity index (χ3n) is 2.36. The maximum Gasteiger partial charge on any atom is 0.360 e. The van der Waals surface area contributed by atoms with E-state index in [4.69, 9.17) is 16.3 Å². The molecule has 0 fully saturated rings. The minimum Gasteiger partial charge on any atom is -0.461 e. The largest absolute Gasteiger partial charge is 0.461 e. The molecule has 0 unspecified atom stereocenters. The molecule has 2 aromatic heterocycles. The number of esters is 1. The van der Waals surface area contributed by atoms with Crippen LogP contribution in [0.2, 0.25) is 0 Å². The summed E-state index contributed by atoms with van der Waals surface area (Å²) < 4.78 is 7.56. The summed E-state index contributed by atoms with van der Waals surface area (Å²) in [5.74, 6) is -0.329. The lowest BCUT2D eigenvalue weighted by Gasteiger charge is -2.03. The highest BCUT2D eigenvalue weighted by Crippen LogP contribution is 2.21. The molecule has 0 aliphatic rings. The lowest BCUT2D eigenvalue weighted by molar-refractivity contribution is 0.0518. The maximum atomic E-state index is 11.7. The molecule has 0 atom stereocenters. The molecular weight excluding hydrogens is 354 g/mol. The normalized spacial score (nSPS) is 10.7. The number of carbonyl (C=O) groups is 1. The third-order valence-corrected chi connectivity index (χ3v) is 4.30. The standard InChI is InChI=1S/C11H11BrClN3O2S/c1-2-18-11(17)10-9(4-13)16(15-14-10)5-8-3-7(12)6-19-8/h3,6H,2,4-5H2,1H3. The van der Waals surface area contributed by atoms with Crippen LogP contribution in [-0.4, -0.2) is 27.6 Å². The summed E-state index contributed by atoms with van der Waals surface area (Å²) >= 11 is 10.9. The van der Waals surface area contributed by atoms with Crippen molar-refractivity contribution in [3.05, 3.63) is 32.2 Å². The van der Waals surface area contributed by atoms with Gasteiger partial charge in [0.1, 0.15) is 0 Å². The van der Waals surface area contributed by atoms with E-state index in [-0.39, 0.29) is 11.6 Å². The molecule has 0 saturated carbocycles. The minimum absolute atomic E-state index is 0.160. The first-order valence-corrected chi connectivity index (χ1v) is 7.74. The Morgan fingerprint density at radius 2 is 2.42 bits per heavy atom. The van der Waals surface area contributed by atoms with Crippen molar-refractivity contribution in [1.82, 2.24) is 15.0 Å². The van der Waals surface area contributed by atoms with Crippen molar-refractivity contribution in [3.63, 3.8) is 0 Å². The van der Waals surface area contributed by atoms with Crippen molar-refractivity contribution >= 4 is 44.8 Å². The van der Waals surface area contributed by atoms with Crippen molar-refractivity contribution in [2.24, 2.45) is 0 Å². The van der Waals surface area contributed by atoms with E-state index in [9.17, 15) is 4.79 Å². The number of thiophene rings is 1. The molecule has 0 saturated heterocycles. The molecule has 0 bridgehead atoms. The number of hydrogen-bond acceptors (Lipinski definition) is 5. The molecule has 19 heavy (non-hydrogen) atoms. The fourth-order valence-electron chi connectivity index (χ4n) is 1.53. The van der Waals surface area contributed by atoms with E-state index in [1.165, 1.54) is 0 Å². The number of ether oxygens (including phenoxy) is 1. The summed E-state index contributed by atoms with van der Waals surface area (Å²) in [5, 5.41) is 9.81. The average molecular weight is 365 g/mol. The summed E-state index contributed by atoms with van der Waals surface area (Å²) in [5.41, 5.74) is 0.761. The number of aromatic nitrogens is 3. The van der Waals surface area contributed by atoms with Gasteiger partial charge in [-0.2, -0.15) is 0 Å². The van der Waals surface area contributed by atoms with Crippen LogP contribution in [0.25, 0.3) is 0 Å². The average Bonchev–Trinajstić information content (AvgIpc) is 2.96. The van der Waals surface area contributed by atoms with Gasteiger partial charge in [-0.15, -0.1) is 28.0 Å². The molecular formula is C11H11BrClN3O2S. The van der Waals surface area contributed by atoms with Crippen LogP contribution in [0.15, 0.2) is 15.9 Å². The first kappa shape index (κ1) is 14.5. The molecule has 0 N–H and O–H groups in total. The van der Waals surface area contributed by atoms with Crippen LogP contribution in [0, 0.1) is 0 Å². The van der Waals surface area contributed by atoms with Gasteiger partial charge >= 0.3 is 5.97 Å². The molecule has 2 aromatic rings. The Kier molecular flexibility index (Phi) is 4.95. The second-order valence-electron chi connectivity index (χ2n) is 3.63. The monoisotopic (exact) mass is 363 g/mol. The van der Waals surface area contributed by atoms with Gasteiger partial charge in [-0.05, 0) is 28.9 Å². The van der Waals surface area contributed by atoms with Crippen molar-refractivity contribution in [2.75, 3.05) is 6.61 Å². The first-order valence-electron chi connectivity index (χ1n) is 5.54. The van der Waals surface area contributed by atoms with Crippen molar-refractivity contribution < 1.29 is 9.53 Å². The Morgan fingerprint density at radius 3 is 3.00 bits per heavy atom. The molecule has 0 radical (unpaired) electrons. The van der Waals surface area contributed by atoms with E-state index in [0.717, 1.165) is 9.35 Å². The number of alkyl halides is 1. The molecule has 2 heterocycles. The number of hydrogen-bond donors (Lipinski definition) is 0. The van der Waals surface area contributed by atoms with Crippen molar-refractivity contribution in [2.45, 2.75) is 19.3 Å². The van der Waals surface area contributed by atoms with Gasteiger partial charge in [0, 0.05) is 14.7 Å². The zero-order valence-corrected chi connectivity index (χ0v) is 13.3. The molecule has 5 nitrogen and oxygen atoms in total. The van der Waals surface area contributed by atoms with Crippen LogP contribution in [-0.2, 0) is 17.2 Å². The molecule has 0 spiro atoms. The Bertz CT molecular complexity index is 584.